The highest BCUT2D eigenvalue weighted by Crippen LogP contribution is 2.23. The van der Waals surface area contributed by atoms with E-state index in [2.05, 4.69) is 4.99 Å². The first kappa shape index (κ1) is 23.8. The summed E-state index contributed by atoms with van der Waals surface area (Å²) in [6.45, 7) is 5.85. The number of esters is 1. The predicted octanol–water partition coefficient (Wildman–Crippen LogP) is 2.87. The second-order valence-electron chi connectivity index (χ2n) is 7.43. The quantitative estimate of drug-likeness (QED) is 0.511. The Bertz CT molecular complexity index is 1350. The number of aryl methyl sites for hydroxylation is 2. The van der Waals surface area contributed by atoms with Crippen molar-refractivity contribution >= 4 is 43.5 Å². The van der Waals surface area contributed by atoms with E-state index in [4.69, 9.17) is 4.74 Å². The first-order valence-electron chi connectivity index (χ1n) is 9.92. The molecule has 0 bridgehead atoms. The van der Waals surface area contributed by atoms with Crippen LogP contribution in [0.25, 0.3) is 10.2 Å². The molecule has 0 saturated heterocycles. The van der Waals surface area contributed by atoms with Crippen molar-refractivity contribution < 1.29 is 22.7 Å². The Labute approximate surface area is 190 Å². The Kier molecular flexibility index (Phi) is 6.97. The van der Waals surface area contributed by atoms with Gasteiger partial charge in [0.1, 0.15) is 6.54 Å². The topological polar surface area (TPSA) is 98.0 Å². The minimum atomic E-state index is -3.59. The van der Waals surface area contributed by atoms with Crippen LogP contribution < -0.4 is 4.80 Å². The molecule has 8 nitrogen and oxygen atoms in total. The maximum Gasteiger partial charge on any atom is 0.326 e. The minimum absolute atomic E-state index is 0.0656. The fraction of sp³-hybridized carbons (Fsp3) is 0.318. The monoisotopic (exact) mass is 475 g/mol. The first-order valence-corrected chi connectivity index (χ1v) is 12.2. The van der Waals surface area contributed by atoms with Gasteiger partial charge in [-0.15, -0.1) is 0 Å². The number of hydrogen-bond acceptors (Lipinski definition) is 6. The molecule has 0 unspecified atom stereocenters. The standard InChI is InChI=1S/C22H25N3O5S2/c1-6-30-19(26)13-25-20-15(3)11-14(2)12-18(20)31-22(25)23-21(27)16-7-9-17(10-8-16)32(28,29)24(4)5/h7-12H,6,13H2,1-5H3. The van der Waals surface area contributed by atoms with Crippen LogP contribution in [0.4, 0.5) is 0 Å². The van der Waals surface area contributed by atoms with E-state index in [9.17, 15) is 18.0 Å². The van der Waals surface area contributed by atoms with E-state index in [0.717, 1.165) is 25.6 Å². The van der Waals surface area contributed by atoms with Gasteiger partial charge in [0.05, 0.1) is 21.7 Å². The van der Waals surface area contributed by atoms with Crippen molar-refractivity contribution in [2.75, 3.05) is 20.7 Å². The maximum atomic E-state index is 12.9. The molecule has 0 N–H and O–H groups in total. The van der Waals surface area contributed by atoms with Crippen LogP contribution in [0.3, 0.4) is 0 Å². The lowest BCUT2D eigenvalue weighted by Crippen LogP contribution is -2.23. The fourth-order valence-corrected chi connectivity index (χ4v) is 5.40. The average molecular weight is 476 g/mol. The number of rotatable bonds is 6. The van der Waals surface area contributed by atoms with Crippen LogP contribution in [0.15, 0.2) is 46.3 Å². The number of hydrogen-bond donors (Lipinski definition) is 0. The van der Waals surface area contributed by atoms with Gasteiger partial charge in [-0.3, -0.25) is 9.59 Å². The normalized spacial score (nSPS) is 12.5. The van der Waals surface area contributed by atoms with E-state index >= 15 is 0 Å². The van der Waals surface area contributed by atoms with Crippen molar-refractivity contribution in [3.05, 3.63) is 57.9 Å². The van der Waals surface area contributed by atoms with Crippen LogP contribution in [0.1, 0.15) is 28.4 Å². The van der Waals surface area contributed by atoms with Gasteiger partial charge in [0.25, 0.3) is 5.91 Å². The molecule has 170 valence electrons. The number of fused-ring (bicyclic) bond motifs is 1. The van der Waals surface area contributed by atoms with Crippen molar-refractivity contribution in [2.45, 2.75) is 32.2 Å². The molecule has 1 aromatic heterocycles. The highest BCUT2D eigenvalue weighted by atomic mass is 32.2. The summed E-state index contributed by atoms with van der Waals surface area (Å²) >= 11 is 1.31. The fourth-order valence-electron chi connectivity index (χ4n) is 3.29. The molecule has 3 aromatic rings. The predicted molar refractivity (Wildman–Crippen MR) is 123 cm³/mol. The van der Waals surface area contributed by atoms with E-state index in [1.807, 2.05) is 26.0 Å². The Morgan fingerprint density at radius 2 is 1.78 bits per heavy atom. The Hall–Kier alpha value is -2.82. The molecule has 0 saturated carbocycles. The number of ether oxygens (including phenoxy) is 1. The molecule has 1 amide bonds. The van der Waals surface area contributed by atoms with Gasteiger partial charge < -0.3 is 9.30 Å². The summed E-state index contributed by atoms with van der Waals surface area (Å²) in [6.07, 6.45) is 0. The van der Waals surface area contributed by atoms with Gasteiger partial charge in [0, 0.05) is 19.7 Å². The number of thiazole rings is 1. The summed E-state index contributed by atoms with van der Waals surface area (Å²) in [4.78, 5) is 29.8. The minimum Gasteiger partial charge on any atom is -0.465 e. The summed E-state index contributed by atoms with van der Waals surface area (Å²) in [5.41, 5.74) is 3.10. The molecule has 10 heteroatoms. The zero-order valence-corrected chi connectivity index (χ0v) is 20.2. The van der Waals surface area contributed by atoms with Gasteiger partial charge >= 0.3 is 5.97 Å². The zero-order valence-electron chi connectivity index (χ0n) is 18.6. The third-order valence-corrected chi connectivity index (χ3v) is 7.64. The van der Waals surface area contributed by atoms with Crippen LogP contribution in [0.2, 0.25) is 0 Å². The number of nitrogens with zero attached hydrogens (tertiary/aromatic N) is 3. The largest absolute Gasteiger partial charge is 0.465 e. The second kappa shape index (κ2) is 9.35. The zero-order chi connectivity index (χ0) is 23.6. The third kappa shape index (κ3) is 4.82. The third-order valence-electron chi connectivity index (χ3n) is 4.78. The van der Waals surface area contributed by atoms with Gasteiger partial charge in [-0.05, 0) is 62.2 Å². The summed E-state index contributed by atoms with van der Waals surface area (Å²) in [5, 5.41) is 0. The molecule has 0 fully saturated rings. The van der Waals surface area contributed by atoms with Gasteiger partial charge in [-0.25, -0.2) is 12.7 Å². The second-order valence-corrected chi connectivity index (χ2v) is 10.6. The molecule has 3 rings (SSSR count). The molecular formula is C22H25N3O5S2. The van der Waals surface area contributed by atoms with Crippen LogP contribution in [0, 0.1) is 13.8 Å². The molecule has 0 aliphatic rings. The summed E-state index contributed by atoms with van der Waals surface area (Å²) < 4.78 is 33.3. The van der Waals surface area contributed by atoms with Crippen LogP contribution in [-0.2, 0) is 26.1 Å². The van der Waals surface area contributed by atoms with Gasteiger partial charge in [-0.2, -0.15) is 4.99 Å². The van der Waals surface area contributed by atoms with Crippen molar-refractivity contribution in [1.29, 1.82) is 0 Å². The number of amides is 1. The van der Waals surface area contributed by atoms with E-state index in [0.29, 0.717) is 4.80 Å². The summed E-state index contributed by atoms with van der Waals surface area (Å²) in [5.74, 6) is -0.948. The average Bonchev–Trinajstić information content (AvgIpc) is 3.04. The molecule has 0 aliphatic heterocycles. The Balaban J connectivity index is 2.08. The van der Waals surface area contributed by atoms with Crippen molar-refractivity contribution in [1.82, 2.24) is 8.87 Å². The molecule has 1 heterocycles. The lowest BCUT2D eigenvalue weighted by molar-refractivity contribution is -0.143. The molecule has 0 aliphatic carbocycles. The van der Waals surface area contributed by atoms with E-state index in [1.165, 1.54) is 49.7 Å². The maximum absolute atomic E-state index is 12.9. The van der Waals surface area contributed by atoms with Crippen LogP contribution >= 0.6 is 11.3 Å². The SMILES string of the molecule is CCOC(=O)Cn1c(=NC(=O)c2ccc(S(=O)(=O)N(C)C)cc2)sc2cc(C)cc(C)c21. The smallest absolute Gasteiger partial charge is 0.326 e. The number of sulfonamides is 1. The summed E-state index contributed by atoms with van der Waals surface area (Å²) in [7, 11) is -0.709. The number of carbonyl (C=O) groups is 2. The molecule has 0 spiro atoms. The van der Waals surface area contributed by atoms with E-state index in [1.54, 1.807) is 11.5 Å². The number of benzene rings is 2. The van der Waals surface area contributed by atoms with Crippen molar-refractivity contribution in [2.24, 2.45) is 4.99 Å². The number of carbonyl (C=O) groups excluding carboxylic acids is 2. The van der Waals surface area contributed by atoms with Crippen molar-refractivity contribution in [3.63, 3.8) is 0 Å². The van der Waals surface area contributed by atoms with Crippen molar-refractivity contribution in [3.8, 4) is 0 Å². The first-order chi connectivity index (χ1) is 15.0. The van der Waals surface area contributed by atoms with Gasteiger partial charge in [-0.1, -0.05) is 17.4 Å². The highest BCUT2D eigenvalue weighted by molar-refractivity contribution is 7.89. The lowest BCUT2D eigenvalue weighted by atomic mass is 10.1. The molecule has 32 heavy (non-hydrogen) atoms. The Morgan fingerprint density at radius 1 is 1.12 bits per heavy atom. The Morgan fingerprint density at radius 3 is 2.38 bits per heavy atom. The van der Waals surface area contributed by atoms with E-state index in [-0.39, 0.29) is 23.6 Å². The lowest BCUT2D eigenvalue weighted by Gasteiger charge is -2.11. The van der Waals surface area contributed by atoms with Crippen LogP contribution in [-0.4, -0.2) is 49.9 Å². The van der Waals surface area contributed by atoms with Gasteiger partial charge in [0.15, 0.2) is 4.80 Å². The number of aromatic nitrogens is 1. The van der Waals surface area contributed by atoms with Gasteiger partial charge in [0.2, 0.25) is 10.0 Å². The van der Waals surface area contributed by atoms with Crippen LogP contribution in [0.5, 0.6) is 0 Å². The molecule has 0 atom stereocenters. The molecule has 0 radical (unpaired) electrons. The summed E-state index contributed by atoms with van der Waals surface area (Å²) in [6, 6.07) is 9.61. The molecule has 2 aromatic carbocycles. The molecular weight excluding hydrogens is 450 g/mol. The van der Waals surface area contributed by atoms with E-state index < -0.39 is 21.9 Å². The highest BCUT2D eigenvalue weighted by Gasteiger charge is 2.18.